The molecule has 1 aliphatic heterocycles. The van der Waals surface area contributed by atoms with Crippen molar-refractivity contribution >= 4 is 5.91 Å². The van der Waals surface area contributed by atoms with E-state index in [-0.39, 0.29) is 5.91 Å². The fraction of sp³-hybridized carbons (Fsp3) is 0.714. The maximum absolute atomic E-state index is 12.6. The van der Waals surface area contributed by atoms with E-state index < -0.39 is 12.7 Å². The van der Waals surface area contributed by atoms with Crippen LogP contribution in [0.15, 0.2) is 0 Å². The molecule has 0 N–H and O–H groups in total. The van der Waals surface area contributed by atoms with Gasteiger partial charge in [-0.15, -0.1) is 0 Å². The van der Waals surface area contributed by atoms with Gasteiger partial charge < -0.3 is 4.90 Å². The van der Waals surface area contributed by atoms with Gasteiger partial charge in [0.25, 0.3) is 5.91 Å². The van der Waals surface area contributed by atoms with Crippen molar-refractivity contribution in [3.8, 4) is 0 Å². The first-order valence-electron chi connectivity index (χ1n) is 7.25. The van der Waals surface area contributed by atoms with Crippen molar-refractivity contribution in [2.45, 2.75) is 52.3 Å². The smallest absolute Gasteiger partial charge is 0.339 e. The second-order valence-corrected chi connectivity index (χ2v) is 5.43. The van der Waals surface area contributed by atoms with Gasteiger partial charge in [0.2, 0.25) is 0 Å². The van der Waals surface area contributed by atoms with Gasteiger partial charge in [-0.05, 0) is 26.2 Å². The normalized spacial score (nSPS) is 15.8. The summed E-state index contributed by atoms with van der Waals surface area (Å²) in [6.45, 7) is 3.66. The molecule has 0 spiro atoms. The fourth-order valence-corrected chi connectivity index (χ4v) is 2.70. The molecule has 1 aromatic heterocycles. The summed E-state index contributed by atoms with van der Waals surface area (Å²) in [5.74, 6) is -0.179. The van der Waals surface area contributed by atoms with Crippen LogP contribution in [0.2, 0.25) is 0 Å². The first-order valence-corrected chi connectivity index (χ1v) is 7.25. The molecule has 2 rings (SSSR count). The van der Waals surface area contributed by atoms with Crippen LogP contribution in [0.5, 0.6) is 0 Å². The van der Waals surface area contributed by atoms with Gasteiger partial charge in [-0.3, -0.25) is 9.48 Å². The summed E-state index contributed by atoms with van der Waals surface area (Å²) >= 11 is 0. The van der Waals surface area contributed by atoms with Crippen LogP contribution in [0.4, 0.5) is 13.2 Å². The molecule has 0 unspecified atom stereocenters. The second-order valence-electron chi connectivity index (χ2n) is 5.43. The third kappa shape index (κ3) is 3.57. The summed E-state index contributed by atoms with van der Waals surface area (Å²) in [5, 5.41) is 4.03. The minimum atomic E-state index is -4.34. The Hall–Kier alpha value is -1.53. The van der Waals surface area contributed by atoms with Crippen molar-refractivity contribution in [3.63, 3.8) is 0 Å². The Morgan fingerprint density at radius 1 is 1.29 bits per heavy atom. The molecule has 1 aromatic rings. The third-order valence-corrected chi connectivity index (χ3v) is 3.70. The van der Waals surface area contributed by atoms with Crippen molar-refractivity contribution in [2.24, 2.45) is 0 Å². The number of hydrogen-bond donors (Lipinski definition) is 0. The molecule has 1 saturated heterocycles. The van der Waals surface area contributed by atoms with Gasteiger partial charge in [0.1, 0.15) is 6.54 Å². The van der Waals surface area contributed by atoms with E-state index in [9.17, 15) is 18.0 Å². The number of amides is 1. The van der Waals surface area contributed by atoms with E-state index in [0.29, 0.717) is 36.5 Å². The standard InChI is InChI=1S/C14H20F3N3O/c1-3-6-11-12(13(21)19-7-4-5-8-19)10(2)20(18-11)9-14(15,16)17/h3-9H2,1-2H3. The number of halogens is 3. The highest BCUT2D eigenvalue weighted by Crippen LogP contribution is 2.24. The van der Waals surface area contributed by atoms with Crippen molar-refractivity contribution < 1.29 is 18.0 Å². The van der Waals surface area contributed by atoms with E-state index in [0.717, 1.165) is 23.9 Å². The van der Waals surface area contributed by atoms with Gasteiger partial charge in [-0.1, -0.05) is 13.3 Å². The SMILES string of the molecule is CCCc1nn(CC(F)(F)F)c(C)c1C(=O)N1CCCC1. The van der Waals surface area contributed by atoms with Crippen molar-refractivity contribution in [1.29, 1.82) is 0 Å². The summed E-state index contributed by atoms with van der Waals surface area (Å²) in [6.07, 6.45) is -1.19. The van der Waals surface area contributed by atoms with E-state index in [1.165, 1.54) is 0 Å². The zero-order valence-corrected chi connectivity index (χ0v) is 12.3. The van der Waals surface area contributed by atoms with Crippen LogP contribution in [-0.4, -0.2) is 39.9 Å². The molecule has 2 heterocycles. The predicted molar refractivity (Wildman–Crippen MR) is 72.2 cm³/mol. The van der Waals surface area contributed by atoms with Crippen molar-refractivity contribution in [2.75, 3.05) is 13.1 Å². The van der Waals surface area contributed by atoms with E-state index in [4.69, 9.17) is 0 Å². The molecule has 118 valence electrons. The average Bonchev–Trinajstić information content (AvgIpc) is 2.98. The molecule has 0 aromatic carbocycles. The maximum Gasteiger partial charge on any atom is 0.408 e. The molecule has 4 nitrogen and oxygen atoms in total. The lowest BCUT2D eigenvalue weighted by atomic mass is 10.1. The van der Waals surface area contributed by atoms with Gasteiger partial charge in [-0.25, -0.2) is 0 Å². The van der Waals surface area contributed by atoms with Crippen LogP contribution in [0, 0.1) is 6.92 Å². The first kappa shape index (κ1) is 15.9. The molecular weight excluding hydrogens is 283 g/mol. The zero-order valence-electron chi connectivity index (χ0n) is 12.3. The number of carbonyl (C=O) groups is 1. The van der Waals surface area contributed by atoms with Crippen LogP contribution < -0.4 is 0 Å². The third-order valence-electron chi connectivity index (χ3n) is 3.70. The van der Waals surface area contributed by atoms with Crippen LogP contribution in [0.3, 0.4) is 0 Å². The molecule has 0 saturated carbocycles. The maximum atomic E-state index is 12.6. The van der Waals surface area contributed by atoms with Crippen LogP contribution in [0.25, 0.3) is 0 Å². The molecular formula is C14H20F3N3O. The highest BCUT2D eigenvalue weighted by atomic mass is 19.4. The minimum absolute atomic E-state index is 0.179. The highest BCUT2D eigenvalue weighted by Gasteiger charge is 2.32. The lowest BCUT2D eigenvalue weighted by Gasteiger charge is -2.16. The van der Waals surface area contributed by atoms with Crippen LogP contribution in [-0.2, 0) is 13.0 Å². The molecule has 21 heavy (non-hydrogen) atoms. The number of rotatable bonds is 4. The predicted octanol–water partition coefficient (Wildman–Crippen LogP) is 2.94. The topological polar surface area (TPSA) is 38.1 Å². The molecule has 0 atom stereocenters. The number of aryl methyl sites for hydroxylation is 1. The lowest BCUT2D eigenvalue weighted by Crippen LogP contribution is -2.29. The number of nitrogens with zero attached hydrogens (tertiary/aromatic N) is 3. The van der Waals surface area contributed by atoms with Crippen LogP contribution >= 0.6 is 0 Å². The number of aromatic nitrogens is 2. The molecule has 7 heteroatoms. The molecule has 1 amide bonds. The van der Waals surface area contributed by atoms with E-state index in [2.05, 4.69) is 5.10 Å². The lowest BCUT2D eigenvalue weighted by molar-refractivity contribution is -0.143. The second kappa shape index (κ2) is 6.07. The summed E-state index contributed by atoms with van der Waals surface area (Å²) in [4.78, 5) is 14.2. The number of hydrogen-bond acceptors (Lipinski definition) is 2. The summed E-state index contributed by atoms with van der Waals surface area (Å²) in [6, 6.07) is 0. The van der Waals surface area contributed by atoms with E-state index >= 15 is 0 Å². The number of carbonyl (C=O) groups excluding carboxylic acids is 1. The van der Waals surface area contributed by atoms with Gasteiger partial charge in [-0.2, -0.15) is 18.3 Å². The van der Waals surface area contributed by atoms with Crippen LogP contribution in [0.1, 0.15) is 47.9 Å². The Kier molecular flexibility index (Phi) is 4.58. The summed E-state index contributed by atoms with van der Waals surface area (Å²) in [5.41, 5.74) is 1.16. The minimum Gasteiger partial charge on any atom is -0.339 e. The monoisotopic (exact) mass is 303 g/mol. The van der Waals surface area contributed by atoms with Gasteiger partial charge in [0.05, 0.1) is 11.3 Å². The van der Waals surface area contributed by atoms with Gasteiger partial charge in [0.15, 0.2) is 0 Å². The van der Waals surface area contributed by atoms with Crippen molar-refractivity contribution in [1.82, 2.24) is 14.7 Å². The molecule has 1 aliphatic rings. The Labute approximate surface area is 121 Å². The Bertz CT molecular complexity index is 516. The first-order chi connectivity index (χ1) is 9.83. The Balaban J connectivity index is 2.35. The molecule has 1 fully saturated rings. The Morgan fingerprint density at radius 3 is 2.43 bits per heavy atom. The number of alkyl halides is 3. The van der Waals surface area contributed by atoms with E-state index in [1.807, 2.05) is 6.92 Å². The highest BCUT2D eigenvalue weighted by molar-refractivity contribution is 5.96. The Morgan fingerprint density at radius 2 is 1.90 bits per heavy atom. The summed E-state index contributed by atoms with van der Waals surface area (Å²) < 4.78 is 38.7. The van der Waals surface area contributed by atoms with E-state index in [1.54, 1.807) is 11.8 Å². The molecule has 0 radical (unpaired) electrons. The van der Waals surface area contributed by atoms with Crippen molar-refractivity contribution in [3.05, 3.63) is 17.0 Å². The summed E-state index contributed by atoms with van der Waals surface area (Å²) in [7, 11) is 0. The average molecular weight is 303 g/mol. The molecule has 0 bridgehead atoms. The fourth-order valence-electron chi connectivity index (χ4n) is 2.70. The quantitative estimate of drug-likeness (QED) is 0.857. The zero-order chi connectivity index (χ0) is 15.6. The largest absolute Gasteiger partial charge is 0.408 e. The number of likely N-dealkylation sites (tertiary alicyclic amines) is 1. The molecule has 0 aliphatic carbocycles. The van der Waals surface area contributed by atoms with Gasteiger partial charge in [0, 0.05) is 18.8 Å². The van der Waals surface area contributed by atoms with Gasteiger partial charge >= 0.3 is 6.18 Å².